The van der Waals surface area contributed by atoms with Crippen LogP contribution in [0, 0.1) is 0 Å². The zero-order valence-electron chi connectivity index (χ0n) is 8.75. The third-order valence-corrected chi connectivity index (χ3v) is 4.07. The number of nitrogens with zero attached hydrogens (tertiary/aromatic N) is 1. The van der Waals surface area contributed by atoms with E-state index >= 15 is 0 Å². The lowest BCUT2D eigenvalue weighted by molar-refractivity contribution is -0.126. The van der Waals surface area contributed by atoms with Crippen LogP contribution in [0.4, 0.5) is 0 Å². The van der Waals surface area contributed by atoms with Crippen LogP contribution in [-0.2, 0) is 9.59 Å². The van der Waals surface area contributed by atoms with Gasteiger partial charge in [0.05, 0.1) is 5.25 Å². The fourth-order valence-electron chi connectivity index (χ4n) is 1.60. The van der Waals surface area contributed by atoms with Crippen molar-refractivity contribution in [2.24, 2.45) is 5.84 Å². The van der Waals surface area contributed by atoms with Gasteiger partial charge in [-0.15, -0.1) is 0 Å². The maximum absolute atomic E-state index is 11.7. The molecule has 7 heteroatoms. The number of aliphatic hydroxyl groups is 1. The second-order valence-electron chi connectivity index (χ2n) is 3.72. The Labute approximate surface area is 107 Å². The highest BCUT2D eigenvalue weighted by Crippen LogP contribution is 2.31. The molecule has 17 heavy (non-hydrogen) atoms. The minimum atomic E-state index is -0.365. The van der Waals surface area contributed by atoms with E-state index in [0.29, 0.717) is 10.7 Å². The van der Waals surface area contributed by atoms with Gasteiger partial charge in [0.25, 0.3) is 5.91 Å². The largest absolute Gasteiger partial charge is 0.504 e. The van der Waals surface area contributed by atoms with Crippen LogP contribution in [0.2, 0.25) is 0 Å². The van der Waals surface area contributed by atoms with Crippen LogP contribution in [0.25, 0.3) is 0 Å². The third kappa shape index (κ3) is 2.41. The first-order valence-corrected chi connectivity index (χ1v) is 6.20. The van der Waals surface area contributed by atoms with Gasteiger partial charge in [0.15, 0.2) is 10.1 Å². The number of allylic oxidation sites excluding steroid dienone is 4. The van der Waals surface area contributed by atoms with Gasteiger partial charge in [-0.3, -0.25) is 9.59 Å². The smallest absolute Gasteiger partial charge is 0.256 e. The first-order valence-electron chi connectivity index (χ1n) is 4.91. The Morgan fingerprint density at radius 1 is 1.59 bits per heavy atom. The van der Waals surface area contributed by atoms with Gasteiger partial charge in [-0.25, -0.2) is 10.9 Å². The summed E-state index contributed by atoms with van der Waals surface area (Å²) >= 11 is 6.13. The molecule has 1 aliphatic heterocycles. The van der Waals surface area contributed by atoms with Crippen molar-refractivity contribution < 1.29 is 14.7 Å². The number of amides is 1. The molecule has 1 amide bonds. The van der Waals surface area contributed by atoms with Crippen LogP contribution in [0.1, 0.15) is 12.8 Å². The fourth-order valence-corrected chi connectivity index (χ4v) is 2.98. The molecule has 0 aromatic carbocycles. The van der Waals surface area contributed by atoms with E-state index in [9.17, 15) is 14.7 Å². The van der Waals surface area contributed by atoms with E-state index in [1.165, 1.54) is 17.8 Å². The molecule has 90 valence electrons. The number of hydrogen-bond acceptors (Lipinski definition) is 6. The summed E-state index contributed by atoms with van der Waals surface area (Å²) in [6, 6.07) is 0. The number of Topliss-reactive ketones (excluding diaryl/α,β-unsaturated/α-hetero) is 1. The quantitative estimate of drug-likeness (QED) is 0.439. The van der Waals surface area contributed by atoms with Gasteiger partial charge in [0.1, 0.15) is 0 Å². The van der Waals surface area contributed by atoms with Crippen LogP contribution in [0.5, 0.6) is 0 Å². The molecule has 0 aromatic rings. The van der Waals surface area contributed by atoms with Gasteiger partial charge < -0.3 is 5.11 Å². The number of hydrazine groups is 1. The molecule has 1 atom stereocenters. The molecule has 1 aliphatic carbocycles. The van der Waals surface area contributed by atoms with Gasteiger partial charge in [-0.2, -0.15) is 0 Å². The Hall–Kier alpha value is -1.18. The Morgan fingerprint density at radius 2 is 2.29 bits per heavy atom. The lowest BCUT2D eigenvalue weighted by Gasteiger charge is -2.11. The van der Waals surface area contributed by atoms with Gasteiger partial charge in [-0.1, -0.05) is 30.1 Å². The van der Waals surface area contributed by atoms with Crippen molar-refractivity contribution in [3.8, 4) is 0 Å². The molecule has 2 aliphatic rings. The first kappa shape index (κ1) is 12.3. The normalized spacial score (nSPS) is 25.1. The molecule has 0 aromatic heterocycles. The van der Waals surface area contributed by atoms with Crippen LogP contribution in [0.15, 0.2) is 23.5 Å². The van der Waals surface area contributed by atoms with E-state index in [4.69, 9.17) is 18.1 Å². The fraction of sp³-hybridized carbons (Fsp3) is 0.300. The average molecular weight is 270 g/mol. The average Bonchev–Trinajstić information content (AvgIpc) is 2.52. The van der Waals surface area contributed by atoms with Crippen molar-refractivity contribution >= 4 is 40.0 Å². The molecule has 5 nitrogen and oxygen atoms in total. The van der Waals surface area contributed by atoms with Crippen molar-refractivity contribution in [3.63, 3.8) is 0 Å². The maximum Gasteiger partial charge on any atom is 0.256 e. The third-order valence-electron chi connectivity index (χ3n) is 2.53. The molecule has 0 saturated carbocycles. The SMILES string of the molecule is NN1C(=O)C(CC2=CCC(=O)C(O)=C2)SC1=S. The Balaban J connectivity index is 2.07. The number of aliphatic hydroxyl groups excluding tert-OH is 1. The first-order chi connectivity index (χ1) is 7.99. The lowest BCUT2D eigenvalue weighted by Crippen LogP contribution is -2.37. The molecule has 0 spiro atoms. The second kappa shape index (κ2) is 4.59. The van der Waals surface area contributed by atoms with Gasteiger partial charge in [0.2, 0.25) is 5.78 Å². The van der Waals surface area contributed by atoms with Gasteiger partial charge in [-0.05, 0) is 18.1 Å². The van der Waals surface area contributed by atoms with E-state index in [1.807, 2.05) is 0 Å². The standard InChI is InChI=1S/C10H10N2O3S2/c11-12-9(15)8(17-10(12)16)4-5-1-2-6(13)7(14)3-5/h1,3,8,14H,2,4,11H2. The molecule has 0 bridgehead atoms. The summed E-state index contributed by atoms with van der Waals surface area (Å²) < 4.78 is 0.348. The zero-order valence-corrected chi connectivity index (χ0v) is 10.4. The summed E-state index contributed by atoms with van der Waals surface area (Å²) in [4.78, 5) is 22.7. The van der Waals surface area contributed by atoms with Crippen molar-refractivity contribution in [2.75, 3.05) is 0 Å². The van der Waals surface area contributed by atoms with Crippen LogP contribution in [-0.4, -0.2) is 31.4 Å². The number of nitrogens with two attached hydrogens (primary N) is 1. The van der Waals surface area contributed by atoms with Gasteiger partial charge in [0, 0.05) is 6.42 Å². The van der Waals surface area contributed by atoms with E-state index in [0.717, 1.165) is 10.6 Å². The summed E-state index contributed by atoms with van der Waals surface area (Å²) in [5, 5.41) is 9.91. The van der Waals surface area contributed by atoms with Crippen LogP contribution >= 0.6 is 24.0 Å². The Kier molecular flexibility index (Phi) is 3.32. The summed E-state index contributed by atoms with van der Waals surface area (Å²) in [6.45, 7) is 0. The molecule has 0 radical (unpaired) electrons. The Morgan fingerprint density at radius 3 is 2.82 bits per heavy atom. The van der Waals surface area contributed by atoms with Crippen molar-refractivity contribution in [2.45, 2.75) is 18.1 Å². The van der Waals surface area contributed by atoms with Crippen LogP contribution < -0.4 is 5.84 Å². The number of thioether (sulfide) groups is 1. The summed E-state index contributed by atoms with van der Waals surface area (Å²) in [5.41, 5.74) is 0.756. The van der Waals surface area contributed by atoms with E-state index in [1.54, 1.807) is 6.08 Å². The Bertz CT molecular complexity index is 470. The zero-order chi connectivity index (χ0) is 12.6. The van der Waals surface area contributed by atoms with Crippen molar-refractivity contribution in [1.29, 1.82) is 0 Å². The van der Waals surface area contributed by atoms with Gasteiger partial charge >= 0.3 is 0 Å². The minimum absolute atomic E-state index is 0.167. The second-order valence-corrected chi connectivity index (χ2v) is 5.56. The topological polar surface area (TPSA) is 83.6 Å². The highest BCUT2D eigenvalue weighted by atomic mass is 32.2. The maximum atomic E-state index is 11.7. The number of carbonyl (C=O) groups is 2. The number of hydrogen-bond donors (Lipinski definition) is 2. The summed E-state index contributed by atoms with van der Waals surface area (Å²) in [6.07, 6.45) is 3.68. The minimum Gasteiger partial charge on any atom is -0.504 e. The number of carbonyl (C=O) groups excluding carboxylic acids is 2. The molecule has 1 heterocycles. The molecular formula is C10H10N2O3S2. The molecular weight excluding hydrogens is 260 g/mol. The van der Waals surface area contributed by atoms with E-state index < -0.39 is 0 Å². The molecule has 3 N–H and O–H groups in total. The predicted octanol–water partition coefficient (Wildman–Crippen LogP) is 0.820. The highest BCUT2D eigenvalue weighted by Gasteiger charge is 2.35. The van der Waals surface area contributed by atoms with E-state index in [2.05, 4.69) is 0 Å². The monoisotopic (exact) mass is 270 g/mol. The van der Waals surface area contributed by atoms with Crippen LogP contribution in [0.3, 0.4) is 0 Å². The summed E-state index contributed by atoms with van der Waals surface area (Å²) in [7, 11) is 0. The van der Waals surface area contributed by atoms with Crippen molar-refractivity contribution in [3.05, 3.63) is 23.5 Å². The molecule has 1 unspecified atom stereocenters. The lowest BCUT2D eigenvalue weighted by atomic mass is 10.0. The molecule has 1 saturated heterocycles. The van der Waals surface area contributed by atoms with E-state index in [-0.39, 0.29) is 29.1 Å². The highest BCUT2D eigenvalue weighted by molar-refractivity contribution is 8.24. The number of rotatable bonds is 2. The molecule has 2 rings (SSSR count). The predicted molar refractivity (Wildman–Crippen MR) is 68.0 cm³/mol. The number of ketones is 1. The molecule has 1 fully saturated rings. The van der Waals surface area contributed by atoms with Crippen molar-refractivity contribution in [1.82, 2.24) is 5.01 Å². The number of thiocarbonyl (C=S) groups is 1. The summed E-state index contributed by atoms with van der Waals surface area (Å²) in [5.74, 6) is 4.64.